The standard InChI is InChI=1S/C15H15ClFNO2/c1-2-8-19-14-9-10(6-7-12(14)18)20-13-5-3-4-11(16)15(13)17/h3-7,9H,2,8,18H2,1H3. The molecular weight excluding hydrogens is 281 g/mol. The van der Waals surface area contributed by atoms with Crippen molar-refractivity contribution in [2.24, 2.45) is 0 Å². The summed E-state index contributed by atoms with van der Waals surface area (Å²) in [5, 5.41) is 0.0143. The molecule has 0 saturated heterocycles. The first-order valence-corrected chi connectivity index (χ1v) is 6.63. The summed E-state index contributed by atoms with van der Waals surface area (Å²) >= 11 is 5.71. The molecule has 20 heavy (non-hydrogen) atoms. The molecule has 0 aliphatic heterocycles. The van der Waals surface area contributed by atoms with Crippen LogP contribution in [-0.2, 0) is 0 Å². The molecule has 0 unspecified atom stereocenters. The molecule has 0 spiro atoms. The maximum absolute atomic E-state index is 13.8. The molecule has 0 atom stereocenters. The molecule has 0 aliphatic carbocycles. The zero-order valence-electron chi connectivity index (χ0n) is 11.0. The van der Waals surface area contributed by atoms with Crippen LogP contribution in [0.25, 0.3) is 0 Å². The second-order valence-electron chi connectivity index (χ2n) is 4.20. The lowest BCUT2D eigenvalue weighted by molar-refractivity contribution is 0.317. The van der Waals surface area contributed by atoms with Gasteiger partial charge in [0.2, 0.25) is 0 Å². The van der Waals surface area contributed by atoms with Crippen molar-refractivity contribution in [3.63, 3.8) is 0 Å². The van der Waals surface area contributed by atoms with Gasteiger partial charge in [-0.25, -0.2) is 4.39 Å². The summed E-state index contributed by atoms with van der Waals surface area (Å²) in [4.78, 5) is 0. The predicted molar refractivity (Wildman–Crippen MR) is 78.1 cm³/mol. The van der Waals surface area contributed by atoms with Crippen molar-refractivity contribution < 1.29 is 13.9 Å². The fraction of sp³-hybridized carbons (Fsp3) is 0.200. The Morgan fingerprint density at radius 3 is 2.75 bits per heavy atom. The van der Waals surface area contributed by atoms with Crippen LogP contribution in [0.4, 0.5) is 10.1 Å². The largest absolute Gasteiger partial charge is 0.491 e. The van der Waals surface area contributed by atoms with Crippen molar-refractivity contribution in [1.82, 2.24) is 0 Å². The molecule has 106 valence electrons. The van der Waals surface area contributed by atoms with Gasteiger partial charge in [-0.1, -0.05) is 24.6 Å². The average Bonchev–Trinajstić information content (AvgIpc) is 2.44. The van der Waals surface area contributed by atoms with Crippen LogP contribution in [0.2, 0.25) is 5.02 Å². The van der Waals surface area contributed by atoms with E-state index >= 15 is 0 Å². The third kappa shape index (κ3) is 3.33. The van der Waals surface area contributed by atoms with Gasteiger partial charge in [0.05, 0.1) is 17.3 Å². The van der Waals surface area contributed by atoms with Gasteiger partial charge in [0.15, 0.2) is 11.6 Å². The maximum atomic E-state index is 13.8. The minimum atomic E-state index is -0.595. The van der Waals surface area contributed by atoms with Gasteiger partial charge < -0.3 is 15.2 Å². The topological polar surface area (TPSA) is 44.5 Å². The summed E-state index contributed by atoms with van der Waals surface area (Å²) < 4.78 is 24.7. The van der Waals surface area contributed by atoms with E-state index in [0.29, 0.717) is 23.8 Å². The first-order chi connectivity index (χ1) is 9.61. The highest BCUT2D eigenvalue weighted by Crippen LogP contribution is 2.32. The molecule has 3 nitrogen and oxygen atoms in total. The third-order valence-corrected chi connectivity index (χ3v) is 2.88. The van der Waals surface area contributed by atoms with Crippen molar-refractivity contribution in [2.45, 2.75) is 13.3 Å². The van der Waals surface area contributed by atoms with E-state index in [1.165, 1.54) is 12.1 Å². The smallest absolute Gasteiger partial charge is 0.184 e. The van der Waals surface area contributed by atoms with Crippen LogP contribution in [0.3, 0.4) is 0 Å². The highest BCUT2D eigenvalue weighted by Gasteiger charge is 2.10. The second-order valence-corrected chi connectivity index (χ2v) is 4.61. The summed E-state index contributed by atoms with van der Waals surface area (Å²) in [6.45, 7) is 2.55. The lowest BCUT2D eigenvalue weighted by Gasteiger charge is -2.11. The summed E-state index contributed by atoms with van der Waals surface area (Å²) in [5.41, 5.74) is 6.31. The Kier molecular flexibility index (Phi) is 4.69. The molecule has 2 rings (SSSR count). The zero-order chi connectivity index (χ0) is 14.5. The van der Waals surface area contributed by atoms with Crippen LogP contribution in [-0.4, -0.2) is 6.61 Å². The first kappa shape index (κ1) is 14.5. The van der Waals surface area contributed by atoms with Gasteiger partial charge >= 0.3 is 0 Å². The molecule has 5 heteroatoms. The van der Waals surface area contributed by atoms with E-state index in [9.17, 15) is 4.39 Å². The highest BCUT2D eigenvalue weighted by molar-refractivity contribution is 6.30. The van der Waals surface area contributed by atoms with Crippen molar-refractivity contribution in [1.29, 1.82) is 0 Å². The highest BCUT2D eigenvalue weighted by atomic mass is 35.5. The van der Waals surface area contributed by atoms with Crippen molar-refractivity contribution in [3.05, 3.63) is 47.2 Å². The van der Waals surface area contributed by atoms with Gasteiger partial charge in [-0.05, 0) is 30.7 Å². The first-order valence-electron chi connectivity index (χ1n) is 6.26. The van der Waals surface area contributed by atoms with Crippen LogP contribution < -0.4 is 15.2 Å². The number of nitrogen functional groups attached to an aromatic ring is 1. The number of hydrogen-bond donors (Lipinski definition) is 1. The van der Waals surface area contributed by atoms with E-state index in [2.05, 4.69) is 0 Å². The van der Waals surface area contributed by atoms with E-state index in [4.69, 9.17) is 26.8 Å². The van der Waals surface area contributed by atoms with E-state index < -0.39 is 5.82 Å². The summed E-state index contributed by atoms with van der Waals surface area (Å²) in [7, 11) is 0. The van der Waals surface area contributed by atoms with Gasteiger partial charge in [-0.3, -0.25) is 0 Å². The summed E-state index contributed by atoms with van der Waals surface area (Å²) in [5.74, 6) is 0.420. The molecule has 0 aliphatic rings. The quantitative estimate of drug-likeness (QED) is 0.817. The maximum Gasteiger partial charge on any atom is 0.184 e. The summed E-state index contributed by atoms with van der Waals surface area (Å²) in [6, 6.07) is 9.52. The van der Waals surface area contributed by atoms with Crippen LogP contribution in [0.1, 0.15) is 13.3 Å². The van der Waals surface area contributed by atoms with Crippen LogP contribution in [0.15, 0.2) is 36.4 Å². The molecule has 0 fully saturated rings. The Balaban J connectivity index is 2.23. The van der Waals surface area contributed by atoms with Crippen molar-refractivity contribution in [3.8, 4) is 17.2 Å². The lowest BCUT2D eigenvalue weighted by Crippen LogP contribution is -1.99. The van der Waals surface area contributed by atoms with Gasteiger partial charge in [0, 0.05) is 6.07 Å². The Morgan fingerprint density at radius 1 is 1.20 bits per heavy atom. The number of hydrogen-bond acceptors (Lipinski definition) is 3. The predicted octanol–water partition coefficient (Wildman–Crippen LogP) is 4.64. The molecule has 0 bridgehead atoms. The molecular formula is C15H15ClFNO2. The Hall–Kier alpha value is -1.94. The fourth-order valence-corrected chi connectivity index (χ4v) is 1.77. The Labute approximate surface area is 122 Å². The van der Waals surface area contributed by atoms with Gasteiger partial charge in [0.1, 0.15) is 11.5 Å². The molecule has 0 saturated carbocycles. The monoisotopic (exact) mass is 295 g/mol. The minimum Gasteiger partial charge on any atom is -0.491 e. The van der Waals surface area contributed by atoms with E-state index in [1.54, 1.807) is 24.3 Å². The minimum absolute atomic E-state index is 0.0143. The summed E-state index contributed by atoms with van der Waals surface area (Å²) in [6.07, 6.45) is 0.868. The number of anilines is 1. The van der Waals surface area contributed by atoms with Gasteiger partial charge in [0.25, 0.3) is 0 Å². The lowest BCUT2D eigenvalue weighted by atomic mass is 10.2. The van der Waals surface area contributed by atoms with Crippen LogP contribution in [0.5, 0.6) is 17.2 Å². The second kappa shape index (κ2) is 6.48. The molecule has 0 radical (unpaired) electrons. The SMILES string of the molecule is CCCOc1cc(Oc2cccc(Cl)c2F)ccc1N. The fourth-order valence-electron chi connectivity index (χ4n) is 1.61. The van der Waals surface area contributed by atoms with Gasteiger partial charge in [-0.15, -0.1) is 0 Å². The number of halogens is 2. The van der Waals surface area contributed by atoms with Gasteiger partial charge in [-0.2, -0.15) is 0 Å². The average molecular weight is 296 g/mol. The van der Waals surface area contributed by atoms with E-state index in [0.717, 1.165) is 6.42 Å². The number of ether oxygens (including phenoxy) is 2. The van der Waals surface area contributed by atoms with E-state index in [1.807, 2.05) is 6.92 Å². The van der Waals surface area contributed by atoms with Crippen molar-refractivity contribution in [2.75, 3.05) is 12.3 Å². The van der Waals surface area contributed by atoms with E-state index in [-0.39, 0.29) is 10.8 Å². The molecule has 2 aromatic rings. The van der Waals surface area contributed by atoms with Crippen LogP contribution >= 0.6 is 11.6 Å². The number of nitrogens with two attached hydrogens (primary N) is 1. The molecule has 0 heterocycles. The molecule has 0 amide bonds. The number of benzene rings is 2. The van der Waals surface area contributed by atoms with Crippen LogP contribution in [0, 0.1) is 5.82 Å². The van der Waals surface area contributed by atoms with Crippen molar-refractivity contribution >= 4 is 17.3 Å². The molecule has 2 aromatic carbocycles. The third-order valence-electron chi connectivity index (χ3n) is 2.59. The number of rotatable bonds is 5. The molecule has 2 N–H and O–H groups in total. The Bertz CT molecular complexity index is 604. The Morgan fingerprint density at radius 2 is 2.00 bits per heavy atom. The normalized spacial score (nSPS) is 10.3. The molecule has 0 aromatic heterocycles. The zero-order valence-corrected chi connectivity index (χ0v) is 11.8.